The van der Waals surface area contributed by atoms with E-state index in [0.29, 0.717) is 12.1 Å². The maximum atomic E-state index is 12.0. The van der Waals surface area contributed by atoms with Gasteiger partial charge in [-0.15, -0.1) is 0 Å². The van der Waals surface area contributed by atoms with Crippen molar-refractivity contribution >= 4 is 28.4 Å². The molecule has 3 aromatic rings. The monoisotopic (exact) mass is 332 g/mol. The Morgan fingerprint density at radius 3 is 2.64 bits per heavy atom. The zero-order valence-electron chi connectivity index (χ0n) is 13.4. The van der Waals surface area contributed by atoms with Gasteiger partial charge >= 0.3 is 0 Å². The minimum Gasteiger partial charge on any atom is -0.348 e. The Morgan fingerprint density at radius 2 is 1.80 bits per heavy atom. The highest BCUT2D eigenvalue weighted by Crippen LogP contribution is 2.18. The molecule has 0 bridgehead atoms. The summed E-state index contributed by atoms with van der Waals surface area (Å²) in [5, 5.41) is 15.8. The number of nitrogens with one attached hydrogen (secondary N) is 1. The van der Waals surface area contributed by atoms with Crippen LogP contribution in [0.3, 0.4) is 0 Å². The van der Waals surface area contributed by atoms with Gasteiger partial charge in [0, 0.05) is 24.8 Å². The summed E-state index contributed by atoms with van der Waals surface area (Å²) in [6, 6.07) is 20.1. The number of rotatable bonds is 5. The Hall–Kier alpha value is -3.47. The van der Waals surface area contributed by atoms with E-state index in [9.17, 15) is 14.9 Å². The normalized spacial score (nSPS) is 10.9. The van der Waals surface area contributed by atoms with Gasteiger partial charge in [-0.2, -0.15) is 0 Å². The molecule has 0 aliphatic carbocycles. The van der Waals surface area contributed by atoms with E-state index in [1.165, 1.54) is 18.2 Å². The molecule has 0 aliphatic heterocycles. The molecule has 124 valence electrons. The lowest BCUT2D eigenvalue weighted by Gasteiger charge is -2.07. The van der Waals surface area contributed by atoms with E-state index in [1.807, 2.05) is 42.5 Å². The first-order chi connectivity index (χ1) is 12.1. The molecule has 0 aliphatic rings. The molecule has 0 heterocycles. The predicted molar refractivity (Wildman–Crippen MR) is 97.9 cm³/mol. The van der Waals surface area contributed by atoms with Crippen molar-refractivity contribution in [3.8, 4) is 0 Å². The maximum absolute atomic E-state index is 12.0. The van der Waals surface area contributed by atoms with E-state index in [2.05, 4.69) is 5.32 Å². The highest BCUT2D eigenvalue weighted by Gasteiger charge is 2.05. The first-order valence-electron chi connectivity index (χ1n) is 7.80. The van der Waals surface area contributed by atoms with Crippen molar-refractivity contribution in [3.63, 3.8) is 0 Å². The van der Waals surface area contributed by atoms with Gasteiger partial charge in [0.1, 0.15) is 0 Å². The SMILES string of the molecule is O=C(/C=C/c1cccc([N+](=O)[O-])c1)NCc1cccc2ccccc12. The lowest BCUT2D eigenvalue weighted by molar-refractivity contribution is -0.384. The van der Waals surface area contributed by atoms with Crippen LogP contribution in [-0.2, 0) is 11.3 Å². The van der Waals surface area contributed by atoms with Gasteiger partial charge in [0.15, 0.2) is 0 Å². The smallest absolute Gasteiger partial charge is 0.270 e. The number of non-ortho nitro benzene ring substituents is 1. The van der Waals surface area contributed by atoms with Gasteiger partial charge < -0.3 is 5.32 Å². The largest absolute Gasteiger partial charge is 0.348 e. The Morgan fingerprint density at radius 1 is 1.04 bits per heavy atom. The number of carbonyl (C=O) groups excluding carboxylic acids is 1. The van der Waals surface area contributed by atoms with Crippen LogP contribution in [0, 0.1) is 10.1 Å². The van der Waals surface area contributed by atoms with Crippen molar-refractivity contribution in [2.45, 2.75) is 6.54 Å². The molecule has 5 heteroatoms. The average Bonchev–Trinajstić information content (AvgIpc) is 2.65. The lowest BCUT2D eigenvalue weighted by Crippen LogP contribution is -2.20. The number of benzene rings is 3. The third-order valence-electron chi connectivity index (χ3n) is 3.84. The second-order valence-corrected chi connectivity index (χ2v) is 5.54. The molecule has 3 rings (SSSR count). The quantitative estimate of drug-likeness (QED) is 0.435. The molecule has 0 radical (unpaired) electrons. The fourth-order valence-electron chi connectivity index (χ4n) is 2.60. The summed E-state index contributed by atoms with van der Waals surface area (Å²) in [7, 11) is 0. The highest BCUT2D eigenvalue weighted by molar-refractivity contribution is 5.92. The van der Waals surface area contributed by atoms with Crippen molar-refractivity contribution in [2.24, 2.45) is 0 Å². The molecule has 0 spiro atoms. The van der Waals surface area contributed by atoms with Crippen LogP contribution in [-0.4, -0.2) is 10.8 Å². The summed E-state index contributed by atoms with van der Waals surface area (Å²) in [6.45, 7) is 0.416. The number of amides is 1. The minimum absolute atomic E-state index is 0.00156. The number of nitro groups is 1. The molecule has 0 fully saturated rings. The first kappa shape index (κ1) is 16.4. The molecular weight excluding hydrogens is 316 g/mol. The number of hydrogen-bond donors (Lipinski definition) is 1. The van der Waals surface area contributed by atoms with Crippen molar-refractivity contribution in [1.29, 1.82) is 0 Å². The van der Waals surface area contributed by atoms with Gasteiger partial charge in [0.2, 0.25) is 5.91 Å². The summed E-state index contributed by atoms with van der Waals surface area (Å²) >= 11 is 0. The Labute approximate surface area is 144 Å². The van der Waals surface area contributed by atoms with E-state index < -0.39 is 4.92 Å². The first-order valence-corrected chi connectivity index (χ1v) is 7.80. The fourth-order valence-corrected chi connectivity index (χ4v) is 2.60. The van der Waals surface area contributed by atoms with Gasteiger partial charge in [-0.3, -0.25) is 14.9 Å². The fraction of sp³-hybridized carbons (Fsp3) is 0.0500. The van der Waals surface area contributed by atoms with Gasteiger partial charge in [0.05, 0.1) is 4.92 Å². The molecule has 1 N–H and O–H groups in total. The molecule has 0 unspecified atom stereocenters. The van der Waals surface area contributed by atoms with E-state index in [1.54, 1.807) is 18.2 Å². The zero-order valence-corrected chi connectivity index (χ0v) is 13.4. The van der Waals surface area contributed by atoms with Gasteiger partial charge in [-0.05, 0) is 28.0 Å². The van der Waals surface area contributed by atoms with Crippen LogP contribution in [0.1, 0.15) is 11.1 Å². The second-order valence-electron chi connectivity index (χ2n) is 5.54. The van der Waals surface area contributed by atoms with Crippen molar-refractivity contribution in [1.82, 2.24) is 5.32 Å². The number of nitro benzene ring substituents is 1. The van der Waals surface area contributed by atoms with Crippen LogP contribution >= 0.6 is 0 Å². The zero-order chi connectivity index (χ0) is 17.6. The molecule has 0 atom stereocenters. The maximum Gasteiger partial charge on any atom is 0.270 e. The predicted octanol–water partition coefficient (Wildman–Crippen LogP) is 4.08. The van der Waals surface area contributed by atoms with E-state index in [0.717, 1.165) is 16.3 Å². The van der Waals surface area contributed by atoms with Gasteiger partial charge in [-0.25, -0.2) is 0 Å². The minimum atomic E-state index is -0.460. The number of carbonyl (C=O) groups is 1. The number of nitrogens with zero attached hydrogens (tertiary/aromatic N) is 1. The summed E-state index contributed by atoms with van der Waals surface area (Å²) in [6.07, 6.45) is 2.94. The molecular formula is C20H16N2O3. The molecule has 3 aromatic carbocycles. The summed E-state index contributed by atoms with van der Waals surface area (Å²) in [5.41, 5.74) is 1.64. The average molecular weight is 332 g/mol. The summed E-state index contributed by atoms with van der Waals surface area (Å²) in [4.78, 5) is 22.3. The lowest BCUT2D eigenvalue weighted by atomic mass is 10.0. The number of hydrogen-bond acceptors (Lipinski definition) is 3. The van der Waals surface area contributed by atoms with Crippen molar-refractivity contribution < 1.29 is 9.72 Å². The van der Waals surface area contributed by atoms with Gasteiger partial charge in [-0.1, -0.05) is 54.6 Å². The molecule has 0 aromatic heterocycles. The molecule has 25 heavy (non-hydrogen) atoms. The summed E-state index contributed by atoms with van der Waals surface area (Å²) in [5.74, 6) is -0.251. The Kier molecular flexibility index (Phi) is 4.85. The van der Waals surface area contributed by atoms with Gasteiger partial charge in [0.25, 0.3) is 5.69 Å². The molecule has 1 amide bonds. The Balaban J connectivity index is 1.66. The second kappa shape index (κ2) is 7.40. The van der Waals surface area contributed by atoms with Crippen LogP contribution in [0.2, 0.25) is 0 Å². The highest BCUT2D eigenvalue weighted by atomic mass is 16.6. The standard InChI is InChI=1S/C20H16N2O3/c23-20(12-11-15-5-3-9-18(13-15)22(24)25)21-14-17-8-4-7-16-6-1-2-10-19(16)17/h1-13H,14H2,(H,21,23)/b12-11+. The topological polar surface area (TPSA) is 72.2 Å². The third kappa shape index (κ3) is 4.09. The van der Waals surface area contributed by atoms with Crippen molar-refractivity contribution in [3.05, 3.63) is 94.0 Å². The van der Waals surface area contributed by atoms with Crippen molar-refractivity contribution in [2.75, 3.05) is 0 Å². The van der Waals surface area contributed by atoms with Crippen LogP contribution in [0.5, 0.6) is 0 Å². The van der Waals surface area contributed by atoms with Crippen LogP contribution in [0.4, 0.5) is 5.69 Å². The molecule has 0 saturated carbocycles. The number of fused-ring (bicyclic) bond motifs is 1. The molecule has 0 saturated heterocycles. The molecule has 5 nitrogen and oxygen atoms in total. The van der Waals surface area contributed by atoms with E-state index in [4.69, 9.17) is 0 Å². The van der Waals surface area contributed by atoms with Crippen LogP contribution < -0.4 is 5.32 Å². The third-order valence-corrected chi connectivity index (χ3v) is 3.84. The van der Waals surface area contributed by atoms with E-state index in [-0.39, 0.29) is 11.6 Å². The van der Waals surface area contributed by atoms with E-state index >= 15 is 0 Å². The summed E-state index contributed by atoms with van der Waals surface area (Å²) < 4.78 is 0. The van der Waals surface area contributed by atoms with Crippen LogP contribution in [0.25, 0.3) is 16.8 Å². The van der Waals surface area contributed by atoms with Crippen LogP contribution in [0.15, 0.2) is 72.8 Å². The Bertz CT molecular complexity index is 959.